The van der Waals surface area contributed by atoms with Gasteiger partial charge in [0.2, 0.25) is 5.91 Å². The molecule has 4 heteroatoms. The largest absolute Gasteiger partial charge is 0.379 e. The topological polar surface area (TPSA) is 64.4 Å². The van der Waals surface area contributed by atoms with Gasteiger partial charge in [-0.1, -0.05) is 13.3 Å². The summed E-state index contributed by atoms with van der Waals surface area (Å²) in [5.41, 5.74) is 6.08. The second-order valence-corrected chi connectivity index (χ2v) is 5.52. The van der Waals surface area contributed by atoms with Crippen LogP contribution in [-0.2, 0) is 9.53 Å². The zero-order valence-corrected chi connectivity index (χ0v) is 10.7. The molecule has 0 aromatic carbocycles. The molecule has 98 valence electrons. The number of nitrogens with two attached hydrogens (primary N) is 1. The van der Waals surface area contributed by atoms with Crippen LogP contribution in [0, 0.1) is 11.8 Å². The number of rotatable bonds is 2. The van der Waals surface area contributed by atoms with E-state index in [0.29, 0.717) is 12.5 Å². The summed E-state index contributed by atoms with van der Waals surface area (Å²) in [5.74, 6) is 0.536. The molecule has 0 radical (unpaired) electrons. The van der Waals surface area contributed by atoms with E-state index in [-0.39, 0.29) is 23.9 Å². The Morgan fingerprint density at radius 1 is 1.29 bits per heavy atom. The first kappa shape index (κ1) is 12.8. The Morgan fingerprint density at radius 2 is 2.12 bits per heavy atom. The van der Waals surface area contributed by atoms with Crippen molar-refractivity contribution < 1.29 is 9.53 Å². The maximum absolute atomic E-state index is 12.2. The van der Waals surface area contributed by atoms with Gasteiger partial charge in [0.25, 0.3) is 0 Å². The Balaban J connectivity index is 1.88. The van der Waals surface area contributed by atoms with Crippen LogP contribution in [-0.4, -0.2) is 31.2 Å². The molecule has 2 fully saturated rings. The van der Waals surface area contributed by atoms with Crippen LogP contribution in [0.25, 0.3) is 0 Å². The van der Waals surface area contributed by atoms with Crippen LogP contribution in [0.15, 0.2) is 0 Å². The van der Waals surface area contributed by atoms with Crippen LogP contribution in [0.4, 0.5) is 0 Å². The summed E-state index contributed by atoms with van der Waals surface area (Å²) in [4.78, 5) is 12.2. The standard InChI is InChI=1S/C13H24N2O2/c1-9-4-2-6-11(14)12(9)13(16)15-10-5-3-7-17-8-10/h9-12H,2-8,14H2,1H3,(H,15,16). The van der Waals surface area contributed by atoms with E-state index in [1.54, 1.807) is 0 Å². The molecule has 1 saturated heterocycles. The van der Waals surface area contributed by atoms with Gasteiger partial charge in [-0.15, -0.1) is 0 Å². The maximum atomic E-state index is 12.2. The maximum Gasteiger partial charge on any atom is 0.225 e. The van der Waals surface area contributed by atoms with Gasteiger partial charge in [0, 0.05) is 12.6 Å². The first-order valence-corrected chi connectivity index (χ1v) is 6.82. The van der Waals surface area contributed by atoms with Gasteiger partial charge in [-0.2, -0.15) is 0 Å². The first-order valence-electron chi connectivity index (χ1n) is 6.82. The lowest BCUT2D eigenvalue weighted by Crippen LogP contribution is -2.51. The Morgan fingerprint density at radius 3 is 2.76 bits per heavy atom. The highest BCUT2D eigenvalue weighted by molar-refractivity contribution is 5.80. The molecule has 1 saturated carbocycles. The molecule has 4 unspecified atom stereocenters. The van der Waals surface area contributed by atoms with Crippen molar-refractivity contribution >= 4 is 5.91 Å². The van der Waals surface area contributed by atoms with Crippen molar-refractivity contribution in [2.24, 2.45) is 17.6 Å². The van der Waals surface area contributed by atoms with Crippen LogP contribution < -0.4 is 11.1 Å². The molecule has 1 amide bonds. The SMILES string of the molecule is CC1CCCC(N)C1C(=O)NC1CCCOC1. The zero-order valence-electron chi connectivity index (χ0n) is 10.7. The van der Waals surface area contributed by atoms with Crippen LogP contribution >= 0.6 is 0 Å². The summed E-state index contributed by atoms with van der Waals surface area (Å²) >= 11 is 0. The molecular formula is C13H24N2O2. The number of carbonyl (C=O) groups is 1. The van der Waals surface area contributed by atoms with Gasteiger partial charge in [0.15, 0.2) is 0 Å². The molecular weight excluding hydrogens is 216 g/mol. The predicted octanol–water partition coefficient (Wildman–Crippen LogP) is 1.05. The van der Waals surface area contributed by atoms with Crippen molar-refractivity contribution in [2.75, 3.05) is 13.2 Å². The van der Waals surface area contributed by atoms with Crippen molar-refractivity contribution in [3.8, 4) is 0 Å². The fraction of sp³-hybridized carbons (Fsp3) is 0.923. The van der Waals surface area contributed by atoms with Crippen molar-refractivity contribution in [3.63, 3.8) is 0 Å². The molecule has 1 aliphatic heterocycles. The number of carbonyl (C=O) groups excluding carboxylic acids is 1. The molecule has 4 nitrogen and oxygen atoms in total. The van der Waals surface area contributed by atoms with E-state index >= 15 is 0 Å². The number of hydrogen-bond acceptors (Lipinski definition) is 3. The summed E-state index contributed by atoms with van der Waals surface area (Å²) in [7, 11) is 0. The van der Waals surface area contributed by atoms with Crippen LogP contribution in [0.5, 0.6) is 0 Å². The highest BCUT2D eigenvalue weighted by atomic mass is 16.5. The zero-order chi connectivity index (χ0) is 12.3. The second kappa shape index (κ2) is 5.83. The Bertz CT molecular complexity index is 254. The Kier molecular flexibility index (Phi) is 4.40. The first-order chi connectivity index (χ1) is 8.18. The fourth-order valence-corrected chi connectivity index (χ4v) is 3.06. The monoisotopic (exact) mass is 240 g/mol. The van der Waals surface area contributed by atoms with Gasteiger partial charge >= 0.3 is 0 Å². The Hall–Kier alpha value is -0.610. The molecule has 2 rings (SSSR count). The van der Waals surface area contributed by atoms with E-state index in [1.807, 2.05) is 0 Å². The van der Waals surface area contributed by atoms with Crippen molar-refractivity contribution in [3.05, 3.63) is 0 Å². The van der Waals surface area contributed by atoms with E-state index in [2.05, 4.69) is 12.2 Å². The number of nitrogens with one attached hydrogen (secondary N) is 1. The van der Waals surface area contributed by atoms with Gasteiger partial charge in [-0.25, -0.2) is 0 Å². The van der Waals surface area contributed by atoms with Crippen LogP contribution in [0.3, 0.4) is 0 Å². The summed E-state index contributed by atoms with van der Waals surface area (Å²) in [6, 6.07) is 0.223. The van der Waals surface area contributed by atoms with E-state index in [9.17, 15) is 4.79 Å². The molecule has 2 aliphatic rings. The van der Waals surface area contributed by atoms with E-state index in [1.165, 1.54) is 0 Å². The van der Waals surface area contributed by atoms with Gasteiger partial charge in [-0.3, -0.25) is 4.79 Å². The third kappa shape index (κ3) is 3.19. The lowest BCUT2D eigenvalue weighted by Gasteiger charge is -2.34. The Labute approximate surface area is 103 Å². The molecule has 3 N–H and O–H groups in total. The molecule has 1 aliphatic carbocycles. The minimum Gasteiger partial charge on any atom is -0.379 e. The quantitative estimate of drug-likeness (QED) is 0.758. The molecule has 4 atom stereocenters. The van der Waals surface area contributed by atoms with Crippen molar-refractivity contribution in [2.45, 2.75) is 51.1 Å². The van der Waals surface area contributed by atoms with E-state index in [0.717, 1.165) is 38.7 Å². The highest BCUT2D eigenvalue weighted by Crippen LogP contribution is 2.29. The average Bonchev–Trinajstić information content (AvgIpc) is 2.30. The van der Waals surface area contributed by atoms with Gasteiger partial charge in [0.1, 0.15) is 0 Å². The molecule has 1 heterocycles. The van der Waals surface area contributed by atoms with Gasteiger partial charge in [0.05, 0.1) is 18.6 Å². The minimum atomic E-state index is -0.00863. The molecule has 0 spiro atoms. The molecule has 0 aromatic heterocycles. The van der Waals surface area contributed by atoms with Crippen LogP contribution in [0.2, 0.25) is 0 Å². The number of hydrogen-bond donors (Lipinski definition) is 2. The third-order valence-corrected chi connectivity index (χ3v) is 4.08. The normalized spacial score (nSPS) is 38.7. The molecule has 0 bridgehead atoms. The third-order valence-electron chi connectivity index (χ3n) is 4.08. The lowest BCUT2D eigenvalue weighted by molar-refractivity contribution is -0.129. The molecule has 17 heavy (non-hydrogen) atoms. The van der Waals surface area contributed by atoms with Crippen molar-refractivity contribution in [1.29, 1.82) is 0 Å². The smallest absolute Gasteiger partial charge is 0.225 e. The summed E-state index contributed by atoms with van der Waals surface area (Å²) < 4.78 is 5.38. The van der Waals surface area contributed by atoms with Gasteiger partial charge in [-0.05, 0) is 31.6 Å². The van der Waals surface area contributed by atoms with Crippen LogP contribution in [0.1, 0.15) is 39.0 Å². The van der Waals surface area contributed by atoms with E-state index < -0.39 is 0 Å². The number of ether oxygens (including phenoxy) is 1. The summed E-state index contributed by atoms with van der Waals surface area (Å²) in [5, 5.41) is 3.11. The van der Waals surface area contributed by atoms with Gasteiger partial charge < -0.3 is 15.8 Å². The highest BCUT2D eigenvalue weighted by Gasteiger charge is 2.34. The summed E-state index contributed by atoms with van der Waals surface area (Å²) in [6.45, 7) is 3.62. The summed E-state index contributed by atoms with van der Waals surface area (Å²) in [6.07, 6.45) is 5.31. The van der Waals surface area contributed by atoms with Crippen molar-refractivity contribution in [1.82, 2.24) is 5.32 Å². The minimum absolute atomic E-state index is 0.00863. The molecule has 0 aromatic rings. The second-order valence-electron chi connectivity index (χ2n) is 5.52. The lowest BCUT2D eigenvalue weighted by atomic mass is 9.76. The fourth-order valence-electron chi connectivity index (χ4n) is 3.06. The number of amides is 1. The predicted molar refractivity (Wildman–Crippen MR) is 66.5 cm³/mol. The van der Waals surface area contributed by atoms with E-state index in [4.69, 9.17) is 10.5 Å². The average molecular weight is 240 g/mol.